The minimum absolute atomic E-state index is 0.0659. The second-order valence-corrected chi connectivity index (χ2v) is 14.5. The monoisotopic (exact) mass is 615 g/mol. The number of carboxylic acids is 1. The Morgan fingerprint density at radius 3 is 2.18 bits per heavy atom. The molecule has 0 amide bonds. The van der Waals surface area contributed by atoms with Gasteiger partial charge in [0.25, 0.3) is 0 Å². The molecular formula is C41H61NO3. The van der Waals surface area contributed by atoms with E-state index in [1.54, 1.807) is 0 Å². The molecule has 0 aliphatic heterocycles. The maximum absolute atomic E-state index is 12.3. The summed E-state index contributed by atoms with van der Waals surface area (Å²) >= 11 is 0. The normalized spacial score (nSPS) is 20.0. The highest BCUT2D eigenvalue weighted by atomic mass is 16.4. The Morgan fingerprint density at radius 2 is 1.51 bits per heavy atom. The number of benzene rings is 2. The molecule has 0 unspecified atom stereocenters. The van der Waals surface area contributed by atoms with Crippen LogP contribution in [0, 0.1) is 23.7 Å². The predicted molar refractivity (Wildman–Crippen MR) is 187 cm³/mol. The van der Waals surface area contributed by atoms with Gasteiger partial charge in [-0.05, 0) is 111 Å². The summed E-state index contributed by atoms with van der Waals surface area (Å²) in [6.07, 6.45) is 24.5. The van der Waals surface area contributed by atoms with Crippen LogP contribution in [0.25, 0.3) is 0 Å². The smallest absolute Gasteiger partial charge is 0.303 e. The van der Waals surface area contributed by atoms with Gasteiger partial charge in [-0.1, -0.05) is 124 Å². The lowest BCUT2D eigenvalue weighted by atomic mass is 9.62. The molecule has 0 aromatic heterocycles. The Kier molecular flexibility index (Phi) is 15.2. The van der Waals surface area contributed by atoms with Crippen LogP contribution in [-0.2, 0) is 16.6 Å². The second-order valence-electron chi connectivity index (χ2n) is 14.5. The lowest BCUT2D eigenvalue weighted by molar-refractivity contribution is -0.138. The number of carboxylic acid groups (broad SMARTS) is 1. The van der Waals surface area contributed by atoms with Crippen molar-refractivity contribution in [1.82, 2.24) is 0 Å². The number of rotatable bonds is 19. The van der Waals surface area contributed by atoms with Crippen LogP contribution < -0.4 is 5.73 Å². The van der Waals surface area contributed by atoms with Crippen LogP contribution in [0.2, 0.25) is 0 Å². The van der Waals surface area contributed by atoms with E-state index >= 15 is 0 Å². The Hall–Kier alpha value is -2.43. The van der Waals surface area contributed by atoms with E-state index in [4.69, 9.17) is 5.73 Å². The van der Waals surface area contributed by atoms with Gasteiger partial charge >= 0.3 is 5.97 Å². The van der Waals surface area contributed by atoms with Crippen LogP contribution >= 0.6 is 0 Å². The van der Waals surface area contributed by atoms with Gasteiger partial charge in [-0.2, -0.15) is 0 Å². The number of aliphatic hydroxyl groups is 1. The highest BCUT2D eigenvalue weighted by Crippen LogP contribution is 2.47. The molecule has 248 valence electrons. The highest BCUT2D eigenvalue weighted by molar-refractivity contribution is 5.67. The third-order valence-corrected chi connectivity index (χ3v) is 11.2. The number of aliphatic hydroxyl groups excluding tert-OH is 1. The second kappa shape index (κ2) is 19.3. The van der Waals surface area contributed by atoms with Crippen LogP contribution in [0.5, 0.6) is 0 Å². The molecule has 0 radical (unpaired) electrons. The molecule has 2 aromatic carbocycles. The molecule has 4 heteroatoms. The maximum Gasteiger partial charge on any atom is 0.303 e. The predicted octanol–water partition coefficient (Wildman–Crippen LogP) is 9.64. The molecule has 45 heavy (non-hydrogen) atoms. The van der Waals surface area contributed by atoms with Crippen LogP contribution in [0.15, 0.2) is 72.8 Å². The first-order valence-electron chi connectivity index (χ1n) is 18.3. The van der Waals surface area contributed by atoms with Crippen molar-refractivity contribution in [1.29, 1.82) is 0 Å². The summed E-state index contributed by atoms with van der Waals surface area (Å²) in [6.45, 7) is 0.598. The molecule has 0 heterocycles. The number of aryl methyl sites for hydroxylation is 1. The molecule has 2 fully saturated rings. The molecule has 0 saturated heterocycles. The number of aliphatic carboxylic acids is 1. The first kappa shape index (κ1) is 35.4. The van der Waals surface area contributed by atoms with Gasteiger partial charge in [0.05, 0.1) is 6.10 Å². The number of hydrogen-bond acceptors (Lipinski definition) is 3. The summed E-state index contributed by atoms with van der Waals surface area (Å²) in [5.74, 6) is 0.892. The topological polar surface area (TPSA) is 83.5 Å². The van der Waals surface area contributed by atoms with Gasteiger partial charge in [0.1, 0.15) is 0 Å². The van der Waals surface area contributed by atoms with E-state index in [0.29, 0.717) is 24.3 Å². The van der Waals surface area contributed by atoms with Crippen molar-refractivity contribution >= 4 is 5.97 Å². The summed E-state index contributed by atoms with van der Waals surface area (Å²) in [7, 11) is 0. The highest BCUT2D eigenvalue weighted by Gasteiger charge is 2.38. The lowest BCUT2D eigenvalue weighted by Gasteiger charge is -2.42. The number of carbonyl (C=O) groups is 1. The molecule has 0 bridgehead atoms. The number of hydrogen-bond donors (Lipinski definition) is 3. The molecule has 4 atom stereocenters. The Labute approximate surface area is 273 Å². The molecular weight excluding hydrogens is 554 g/mol. The minimum atomic E-state index is -0.684. The van der Waals surface area contributed by atoms with Gasteiger partial charge in [0, 0.05) is 6.42 Å². The molecule has 0 spiro atoms. The standard InChI is InChI=1S/C41H61NO3/c42-29-26-36(37(31-40(44)45)32-41(27-11-4-12-28-41)38-19-9-3-10-20-38)25-24-34(23-22-33-14-5-1-6-15-33)18-13-21-39(43)30-35-16-7-2-8-17-35/h1,3,5-6,9-10,13-15,19-21,34-37,39,43H,2,4,7-8,11-12,16-18,22-32,42H2,(H,44,45)/t34-,36-,37+,39-/m0/s1. The number of allylic oxidation sites excluding steroid dienone is 1. The molecule has 2 aliphatic carbocycles. The third-order valence-electron chi connectivity index (χ3n) is 11.2. The molecule has 4 N–H and O–H groups in total. The molecule has 4 rings (SSSR count). The van der Waals surface area contributed by atoms with Gasteiger partial charge in [-0.15, -0.1) is 0 Å². The zero-order chi connectivity index (χ0) is 31.7. The van der Waals surface area contributed by atoms with Crippen LogP contribution in [0.4, 0.5) is 0 Å². The first-order valence-corrected chi connectivity index (χ1v) is 18.3. The van der Waals surface area contributed by atoms with Gasteiger partial charge < -0.3 is 15.9 Å². The van der Waals surface area contributed by atoms with E-state index in [9.17, 15) is 15.0 Å². The average Bonchev–Trinajstić information content (AvgIpc) is 3.06. The Bertz CT molecular complexity index is 1100. The van der Waals surface area contributed by atoms with Crippen molar-refractivity contribution < 1.29 is 15.0 Å². The molecule has 4 nitrogen and oxygen atoms in total. The third kappa shape index (κ3) is 12.0. The van der Waals surface area contributed by atoms with Crippen molar-refractivity contribution in [3.05, 3.63) is 83.9 Å². The zero-order valence-electron chi connectivity index (χ0n) is 27.8. The van der Waals surface area contributed by atoms with Crippen molar-refractivity contribution in [2.75, 3.05) is 6.54 Å². The first-order chi connectivity index (χ1) is 22.0. The summed E-state index contributed by atoms with van der Waals surface area (Å²) < 4.78 is 0. The fourth-order valence-corrected chi connectivity index (χ4v) is 8.71. The van der Waals surface area contributed by atoms with Crippen molar-refractivity contribution in [3.63, 3.8) is 0 Å². The minimum Gasteiger partial charge on any atom is -0.481 e. The lowest BCUT2D eigenvalue weighted by Crippen LogP contribution is -2.35. The van der Waals surface area contributed by atoms with E-state index < -0.39 is 5.97 Å². The Morgan fingerprint density at radius 1 is 0.844 bits per heavy atom. The number of nitrogens with two attached hydrogens (primary N) is 1. The largest absolute Gasteiger partial charge is 0.481 e. The van der Waals surface area contributed by atoms with Crippen LogP contribution in [0.1, 0.15) is 127 Å². The van der Waals surface area contributed by atoms with E-state index in [1.165, 1.54) is 62.5 Å². The quantitative estimate of drug-likeness (QED) is 0.137. The van der Waals surface area contributed by atoms with E-state index in [2.05, 4.69) is 72.8 Å². The molecule has 2 aliphatic rings. The van der Waals surface area contributed by atoms with Gasteiger partial charge in [-0.3, -0.25) is 4.79 Å². The summed E-state index contributed by atoms with van der Waals surface area (Å²) in [5, 5.41) is 20.9. The molecule has 2 saturated carbocycles. The summed E-state index contributed by atoms with van der Waals surface area (Å²) in [4.78, 5) is 12.3. The van der Waals surface area contributed by atoms with Crippen LogP contribution in [0.3, 0.4) is 0 Å². The summed E-state index contributed by atoms with van der Waals surface area (Å²) in [6, 6.07) is 21.7. The SMILES string of the molecule is NCC[C@H](CC[C@@H](CC=C[C@H](O)CC1CCCCC1)CCc1ccccc1)[C@H](CC(=O)O)CC1(c2ccccc2)CCCCC1. The van der Waals surface area contributed by atoms with Crippen molar-refractivity contribution in [2.24, 2.45) is 29.4 Å². The molecule has 2 aromatic rings. The zero-order valence-corrected chi connectivity index (χ0v) is 27.8. The average molecular weight is 616 g/mol. The maximum atomic E-state index is 12.3. The van der Waals surface area contributed by atoms with Crippen LogP contribution in [-0.4, -0.2) is 28.8 Å². The van der Waals surface area contributed by atoms with Gasteiger partial charge in [0.2, 0.25) is 0 Å². The van der Waals surface area contributed by atoms with Crippen molar-refractivity contribution in [3.8, 4) is 0 Å². The fraction of sp³-hybridized carbons (Fsp3) is 0.634. The van der Waals surface area contributed by atoms with E-state index in [1.807, 2.05) is 0 Å². The van der Waals surface area contributed by atoms with Crippen molar-refractivity contribution in [2.45, 2.75) is 134 Å². The van der Waals surface area contributed by atoms with E-state index in [-0.39, 0.29) is 23.9 Å². The summed E-state index contributed by atoms with van der Waals surface area (Å²) in [5.41, 5.74) is 9.05. The fourth-order valence-electron chi connectivity index (χ4n) is 8.71. The van der Waals surface area contributed by atoms with Gasteiger partial charge in [0.15, 0.2) is 0 Å². The van der Waals surface area contributed by atoms with E-state index in [0.717, 1.165) is 64.2 Å². The van der Waals surface area contributed by atoms with Gasteiger partial charge in [-0.25, -0.2) is 0 Å². The Balaban J connectivity index is 1.45.